The normalized spacial score (nSPS) is 14.9. The van der Waals surface area contributed by atoms with Gasteiger partial charge in [0.1, 0.15) is 35.1 Å². The first-order chi connectivity index (χ1) is 19.7. The number of para-hydroxylation sites is 1. The topological polar surface area (TPSA) is 154 Å². The number of benzene rings is 2. The van der Waals surface area contributed by atoms with Crippen molar-refractivity contribution in [2.75, 3.05) is 18.1 Å². The van der Waals surface area contributed by atoms with Crippen molar-refractivity contribution < 1.29 is 8.81 Å². The molecule has 2 aromatic carbocycles. The first-order valence-corrected chi connectivity index (χ1v) is 12.8. The minimum atomic E-state index is -0.659. The molecule has 1 unspecified atom stereocenters. The van der Waals surface area contributed by atoms with Gasteiger partial charge in [-0.15, -0.1) is 0 Å². The van der Waals surface area contributed by atoms with E-state index in [4.69, 9.17) is 21.0 Å². The van der Waals surface area contributed by atoms with Crippen molar-refractivity contribution in [1.29, 1.82) is 10.8 Å². The largest absolute Gasteiger partial charge is 0.458 e. The highest BCUT2D eigenvalue weighted by molar-refractivity contribution is 6.23. The van der Waals surface area contributed by atoms with Gasteiger partial charge in [-0.25, -0.2) is 14.4 Å². The number of anilines is 2. The lowest BCUT2D eigenvalue weighted by molar-refractivity contribution is 0.515. The van der Waals surface area contributed by atoms with Gasteiger partial charge in [-0.2, -0.15) is 0 Å². The van der Waals surface area contributed by atoms with Crippen molar-refractivity contribution in [1.82, 2.24) is 15.3 Å². The van der Waals surface area contributed by atoms with Gasteiger partial charge in [0, 0.05) is 23.9 Å². The second-order valence-corrected chi connectivity index (χ2v) is 9.54. The third-order valence-corrected chi connectivity index (χ3v) is 6.90. The van der Waals surface area contributed by atoms with Crippen LogP contribution in [0.15, 0.2) is 99.1 Å². The molecular formula is C31H28FN7O2. The fraction of sp³-hybridized carbons (Fsp3) is 0.129. The van der Waals surface area contributed by atoms with Gasteiger partial charge in [0.05, 0.1) is 34.0 Å². The molecule has 1 aliphatic carbocycles. The molecule has 0 fully saturated rings. The van der Waals surface area contributed by atoms with Gasteiger partial charge in [-0.1, -0.05) is 36.4 Å². The standard InChI is InChI=1S/C31H28FN7O2/c1-16(36-3)21-12-11-19(14-23(21)33)27(34)26-30(35)37-15-38-31(26)39-17(2)29-25(18-7-6-8-20(32)13-18)28(40)22-9-4-5-10-24(22)41-29/h4-15,17,33-34,36H,1-3H3,(H3,35,37,38,39)/b21-16-,33-23?,34-27?. The first-order valence-electron chi connectivity index (χ1n) is 12.8. The zero-order chi connectivity index (χ0) is 29.3. The van der Waals surface area contributed by atoms with E-state index in [1.807, 2.05) is 6.92 Å². The molecule has 0 amide bonds. The number of hydrogen-bond donors (Lipinski definition) is 5. The molecule has 2 heterocycles. The highest BCUT2D eigenvalue weighted by atomic mass is 19.1. The van der Waals surface area contributed by atoms with Gasteiger partial charge in [0.2, 0.25) is 5.43 Å². The Morgan fingerprint density at radius 2 is 1.90 bits per heavy atom. The monoisotopic (exact) mass is 549 g/mol. The number of hydrogen-bond acceptors (Lipinski definition) is 9. The van der Waals surface area contributed by atoms with Crippen LogP contribution in [0.3, 0.4) is 0 Å². The Morgan fingerprint density at radius 1 is 1.12 bits per heavy atom. The molecule has 9 nitrogen and oxygen atoms in total. The maximum absolute atomic E-state index is 14.2. The smallest absolute Gasteiger partial charge is 0.200 e. The van der Waals surface area contributed by atoms with Gasteiger partial charge in [-0.05, 0) is 49.8 Å². The van der Waals surface area contributed by atoms with E-state index in [0.717, 1.165) is 5.70 Å². The van der Waals surface area contributed by atoms with Gasteiger partial charge in [0.25, 0.3) is 0 Å². The quantitative estimate of drug-likeness (QED) is 0.190. The molecule has 1 aliphatic rings. The van der Waals surface area contributed by atoms with Crippen molar-refractivity contribution >= 4 is 34.0 Å². The summed E-state index contributed by atoms with van der Waals surface area (Å²) in [4.78, 5) is 22.1. The van der Waals surface area contributed by atoms with Crippen LogP contribution in [0.4, 0.5) is 16.0 Å². The van der Waals surface area contributed by atoms with Gasteiger partial charge in [-0.3, -0.25) is 10.2 Å². The van der Waals surface area contributed by atoms with Crippen LogP contribution in [0.1, 0.15) is 31.2 Å². The van der Waals surface area contributed by atoms with E-state index in [-0.39, 0.29) is 45.4 Å². The molecule has 1 atom stereocenters. The summed E-state index contributed by atoms with van der Waals surface area (Å²) in [5.41, 5.74) is 9.41. The van der Waals surface area contributed by atoms with Crippen molar-refractivity contribution in [3.63, 3.8) is 0 Å². The molecule has 2 aromatic heterocycles. The highest BCUT2D eigenvalue weighted by Gasteiger charge is 2.25. The molecule has 0 saturated carbocycles. The van der Waals surface area contributed by atoms with Gasteiger partial charge >= 0.3 is 0 Å². The average Bonchev–Trinajstić information content (AvgIpc) is 2.96. The second-order valence-electron chi connectivity index (χ2n) is 9.54. The lowest BCUT2D eigenvalue weighted by Crippen LogP contribution is -2.20. The number of rotatable bonds is 7. The molecule has 6 N–H and O–H groups in total. The Balaban J connectivity index is 1.58. The van der Waals surface area contributed by atoms with E-state index in [9.17, 15) is 9.18 Å². The molecule has 0 aliphatic heterocycles. The maximum atomic E-state index is 14.2. The van der Waals surface area contributed by atoms with Crippen LogP contribution in [0, 0.1) is 16.6 Å². The van der Waals surface area contributed by atoms with E-state index < -0.39 is 11.9 Å². The van der Waals surface area contributed by atoms with Crippen LogP contribution in [0.5, 0.6) is 0 Å². The molecule has 206 valence electrons. The summed E-state index contributed by atoms with van der Waals surface area (Å²) in [6, 6.07) is 12.0. The number of nitrogens with two attached hydrogens (primary N) is 1. The fourth-order valence-electron chi connectivity index (χ4n) is 4.71. The van der Waals surface area contributed by atoms with E-state index in [2.05, 4.69) is 20.6 Å². The predicted octanol–water partition coefficient (Wildman–Crippen LogP) is 5.52. The Bertz CT molecular complexity index is 1870. The molecule has 41 heavy (non-hydrogen) atoms. The molecule has 0 bridgehead atoms. The first kappa shape index (κ1) is 27.2. The fourth-order valence-corrected chi connectivity index (χ4v) is 4.71. The zero-order valence-electron chi connectivity index (χ0n) is 22.7. The summed E-state index contributed by atoms with van der Waals surface area (Å²) in [5.74, 6) is 0.0937. The van der Waals surface area contributed by atoms with Crippen molar-refractivity contribution in [3.05, 3.63) is 117 Å². The summed E-state index contributed by atoms with van der Waals surface area (Å²) < 4.78 is 20.5. The summed E-state index contributed by atoms with van der Waals surface area (Å²) >= 11 is 0. The number of aromatic nitrogens is 2. The Hall–Kier alpha value is -5.38. The van der Waals surface area contributed by atoms with Crippen molar-refractivity contribution in [2.24, 2.45) is 0 Å². The van der Waals surface area contributed by atoms with Crippen LogP contribution < -0.4 is 21.8 Å². The molecule has 0 spiro atoms. The molecule has 0 saturated heterocycles. The minimum Gasteiger partial charge on any atom is -0.458 e. The number of nitrogen functional groups attached to an aromatic ring is 1. The van der Waals surface area contributed by atoms with Crippen LogP contribution in [-0.2, 0) is 0 Å². The molecular weight excluding hydrogens is 521 g/mol. The predicted molar refractivity (Wildman–Crippen MR) is 160 cm³/mol. The SMILES string of the molecule is CN/C(C)=C1/C=CC(C(=N)c2c(N)ncnc2NC(C)c2oc3ccccc3c(=O)c2-c2cccc(F)c2)=CC1=N. The summed E-state index contributed by atoms with van der Waals surface area (Å²) in [6.45, 7) is 3.64. The number of nitrogens with one attached hydrogen (secondary N) is 4. The van der Waals surface area contributed by atoms with E-state index >= 15 is 0 Å². The van der Waals surface area contributed by atoms with E-state index in [1.54, 1.807) is 62.5 Å². The van der Waals surface area contributed by atoms with E-state index in [1.165, 1.54) is 24.5 Å². The van der Waals surface area contributed by atoms with Crippen molar-refractivity contribution in [2.45, 2.75) is 19.9 Å². The number of allylic oxidation sites excluding steroid dienone is 6. The molecule has 4 aromatic rings. The minimum absolute atomic E-state index is 0.0188. The number of nitrogens with zero attached hydrogens (tertiary/aromatic N) is 2. The van der Waals surface area contributed by atoms with Crippen molar-refractivity contribution in [3.8, 4) is 11.1 Å². The Labute approximate surface area is 235 Å². The van der Waals surface area contributed by atoms with Gasteiger partial charge < -0.3 is 26.2 Å². The lowest BCUT2D eigenvalue weighted by Gasteiger charge is -2.21. The Kier molecular flexibility index (Phi) is 7.30. The average molecular weight is 550 g/mol. The third kappa shape index (κ3) is 5.14. The number of halogens is 1. The third-order valence-electron chi connectivity index (χ3n) is 6.90. The second kappa shape index (κ2) is 11.0. The summed E-state index contributed by atoms with van der Waals surface area (Å²) in [5, 5.41) is 24.0. The van der Waals surface area contributed by atoms with Crippen LogP contribution >= 0.6 is 0 Å². The molecule has 0 radical (unpaired) electrons. The summed E-state index contributed by atoms with van der Waals surface area (Å²) in [6.07, 6.45) is 6.36. The highest BCUT2D eigenvalue weighted by Crippen LogP contribution is 2.33. The van der Waals surface area contributed by atoms with Crippen LogP contribution in [0.25, 0.3) is 22.1 Å². The lowest BCUT2D eigenvalue weighted by atomic mass is 9.93. The van der Waals surface area contributed by atoms with E-state index in [0.29, 0.717) is 27.7 Å². The Morgan fingerprint density at radius 3 is 2.63 bits per heavy atom. The molecule has 5 rings (SSSR count). The van der Waals surface area contributed by atoms with Gasteiger partial charge in [0.15, 0.2) is 0 Å². The van der Waals surface area contributed by atoms with Crippen LogP contribution in [-0.4, -0.2) is 28.4 Å². The summed E-state index contributed by atoms with van der Waals surface area (Å²) in [7, 11) is 1.78. The zero-order valence-corrected chi connectivity index (χ0v) is 22.7. The number of fused-ring (bicyclic) bond motifs is 1. The van der Waals surface area contributed by atoms with Crippen LogP contribution in [0.2, 0.25) is 0 Å². The molecule has 10 heteroatoms. The maximum Gasteiger partial charge on any atom is 0.200 e.